The van der Waals surface area contributed by atoms with Gasteiger partial charge in [-0.05, 0) is 59.5 Å². The molecule has 1 unspecified atom stereocenters. The van der Waals surface area contributed by atoms with E-state index in [9.17, 15) is 14.7 Å². The van der Waals surface area contributed by atoms with Crippen molar-refractivity contribution >= 4 is 28.8 Å². The summed E-state index contributed by atoms with van der Waals surface area (Å²) in [6.07, 6.45) is 0. The summed E-state index contributed by atoms with van der Waals surface area (Å²) in [5.41, 5.74) is 3.62. The summed E-state index contributed by atoms with van der Waals surface area (Å²) in [5.74, 6) is -0.641. The van der Waals surface area contributed by atoms with Crippen LogP contribution in [0.2, 0.25) is 0 Å². The molecule has 0 saturated carbocycles. The predicted octanol–water partition coefficient (Wildman–Crippen LogP) is 5.52. The normalized spacial score (nSPS) is 16.8. The van der Waals surface area contributed by atoms with Crippen molar-refractivity contribution in [2.45, 2.75) is 25.8 Å². The molecule has 1 N–H and O–H groups in total. The minimum atomic E-state index is -0.831. The van der Waals surface area contributed by atoms with E-state index in [1.165, 1.54) is 19.1 Å². The standard InChI is InChI=1S/C30H32N2O5/c1-18(2)19-7-9-20(10-8-19)27-26(28(33)24-17-23(36-5)15-16-25(24)37-6)29(34)30(35)32(27)22-13-11-21(12-14-22)31(3)4/h7-18,27,33H,1-6H3/b28-26+. The summed E-state index contributed by atoms with van der Waals surface area (Å²) in [6, 6.07) is 19.3. The molecule has 1 aliphatic rings. The number of anilines is 2. The lowest BCUT2D eigenvalue weighted by atomic mass is 9.93. The van der Waals surface area contributed by atoms with Crippen molar-refractivity contribution in [3.05, 3.63) is 89.0 Å². The lowest BCUT2D eigenvalue weighted by Crippen LogP contribution is -2.29. The van der Waals surface area contributed by atoms with Gasteiger partial charge in [-0.25, -0.2) is 0 Å². The van der Waals surface area contributed by atoms with Crippen LogP contribution in [0.15, 0.2) is 72.3 Å². The summed E-state index contributed by atoms with van der Waals surface area (Å²) in [7, 11) is 6.85. The number of hydrogen-bond acceptors (Lipinski definition) is 6. The zero-order valence-electron chi connectivity index (χ0n) is 22.0. The van der Waals surface area contributed by atoms with Gasteiger partial charge in [-0.15, -0.1) is 0 Å². The quantitative estimate of drug-likeness (QED) is 0.261. The van der Waals surface area contributed by atoms with Crippen molar-refractivity contribution in [1.82, 2.24) is 0 Å². The topological polar surface area (TPSA) is 79.3 Å². The van der Waals surface area contributed by atoms with Gasteiger partial charge in [-0.3, -0.25) is 14.5 Å². The molecule has 1 heterocycles. The van der Waals surface area contributed by atoms with E-state index in [4.69, 9.17) is 9.47 Å². The Hall–Kier alpha value is -4.26. The van der Waals surface area contributed by atoms with E-state index in [1.54, 1.807) is 18.2 Å². The number of ether oxygens (including phenoxy) is 2. The maximum absolute atomic E-state index is 13.5. The molecule has 0 bridgehead atoms. The van der Waals surface area contributed by atoms with E-state index < -0.39 is 17.7 Å². The number of methoxy groups -OCH3 is 2. The maximum Gasteiger partial charge on any atom is 0.300 e. The van der Waals surface area contributed by atoms with Crippen LogP contribution in [0.3, 0.4) is 0 Å². The number of ketones is 1. The second kappa shape index (κ2) is 10.4. The predicted molar refractivity (Wildman–Crippen MR) is 146 cm³/mol. The molecule has 1 atom stereocenters. The van der Waals surface area contributed by atoms with Gasteiger partial charge in [0.25, 0.3) is 11.7 Å². The minimum absolute atomic E-state index is 0.00876. The molecule has 1 fully saturated rings. The highest BCUT2D eigenvalue weighted by Gasteiger charge is 2.47. The molecule has 7 nitrogen and oxygen atoms in total. The Morgan fingerprint density at radius 2 is 1.57 bits per heavy atom. The Labute approximate surface area is 217 Å². The Morgan fingerprint density at radius 1 is 0.919 bits per heavy atom. The number of aliphatic hydroxyl groups is 1. The van der Waals surface area contributed by atoms with E-state index in [1.807, 2.05) is 67.5 Å². The lowest BCUT2D eigenvalue weighted by molar-refractivity contribution is -0.132. The van der Waals surface area contributed by atoms with Gasteiger partial charge < -0.3 is 19.5 Å². The fraction of sp³-hybridized carbons (Fsp3) is 0.267. The lowest BCUT2D eigenvalue weighted by Gasteiger charge is -2.26. The van der Waals surface area contributed by atoms with Crippen LogP contribution in [0, 0.1) is 0 Å². The molecule has 1 aliphatic heterocycles. The third-order valence-corrected chi connectivity index (χ3v) is 6.67. The summed E-state index contributed by atoms with van der Waals surface area (Å²) in [6.45, 7) is 4.20. The second-order valence-electron chi connectivity index (χ2n) is 9.47. The van der Waals surface area contributed by atoms with Crippen molar-refractivity contribution in [2.24, 2.45) is 0 Å². The number of Topliss-reactive ketones (excluding diaryl/α,β-unsaturated/α-hetero) is 1. The zero-order valence-corrected chi connectivity index (χ0v) is 22.0. The first-order chi connectivity index (χ1) is 17.7. The molecule has 0 spiro atoms. The Bertz CT molecular complexity index is 1340. The van der Waals surface area contributed by atoms with Gasteiger partial charge in [0, 0.05) is 25.5 Å². The monoisotopic (exact) mass is 500 g/mol. The smallest absolute Gasteiger partial charge is 0.300 e. The number of nitrogens with zero attached hydrogens (tertiary/aromatic N) is 2. The number of benzene rings is 3. The van der Waals surface area contributed by atoms with Gasteiger partial charge in [-0.2, -0.15) is 0 Å². The first-order valence-electron chi connectivity index (χ1n) is 12.1. The van der Waals surface area contributed by atoms with Crippen LogP contribution in [-0.4, -0.2) is 45.1 Å². The molecular formula is C30H32N2O5. The number of amides is 1. The average molecular weight is 501 g/mol. The fourth-order valence-electron chi connectivity index (χ4n) is 4.53. The molecule has 0 aromatic heterocycles. The molecule has 0 aliphatic carbocycles. The highest BCUT2D eigenvalue weighted by atomic mass is 16.5. The van der Waals surface area contributed by atoms with Crippen molar-refractivity contribution in [1.29, 1.82) is 0 Å². The van der Waals surface area contributed by atoms with Gasteiger partial charge in [0.15, 0.2) is 0 Å². The third kappa shape index (κ3) is 4.77. The molecule has 1 saturated heterocycles. The Kier molecular flexibility index (Phi) is 7.25. The second-order valence-corrected chi connectivity index (χ2v) is 9.47. The van der Waals surface area contributed by atoms with Crippen molar-refractivity contribution in [3.63, 3.8) is 0 Å². The maximum atomic E-state index is 13.5. The van der Waals surface area contributed by atoms with Crippen LogP contribution in [0.5, 0.6) is 11.5 Å². The van der Waals surface area contributed by atoms with Crippen LogP contribution in [0.25, 0.3) is 5.76 Å². The van der Waals surface area contributed by atoms with Gasteiger partial charge in [0.1, 0.15) is 17.3 Å². The zero-order chi connectivity index (χ0) is 26.9. The van der Waals surface area contributed by atoms with Gasteiger partial charge in [0.05, 0.1) is 31.4 Å². The van der Waals surface area contributed by atoms with Gasteiger partial charge in [0.2, 0.25) is 0 Å². The Morgan fingerprint density at radius 3 is 2.11 bits per heavy atom. The summed E-state index contributed by atoms with van der Waals surface area (Å²) in [5, 5.41) is 11.5. The number of carbonyl (C=O) groups is 2. The van der Waals surface area contributed by atoms with Crippen molar-refractivity contribution in [3.8, 4) is 11.5 Å². The van der Waals surface area contributed by atoms with Crippen LogP contribution >= 0.6 is 0 Å². The van der Waals surface area contributed by atoms with Crippen molar-refractivity contribution in [2.75, 3.05) is 38.1 Å². The first-order valence-corrected chi connectivity index (χ1v) is 12.1. The Balaban J connectivity index is 1.94. The molecule has 0 radical (unpaired) electrons. The van der Waals surface area contributed by atoms with Crippen LogP contribution in [-0.2, 0) is 9.59 Å². The van der Waals surface area contributed by atoms with Gasteiger partial charge in [-0.1, -0.05) is 38.1 Å². The van der Waals surface area contributed by atoms with E-state index in [0.717, 1.165) is 11.3 Å². The van der Waals surface area contributed by atoms with E-state index in [-0.39, 0.29) is 16.9 Å². The number of rotatable bonds is 7. The highest BCUT2D eigenvalue weighted by molar-refractivity contribution is 6.51. The number of aliphatic hydroxyl groups excluding tert-OH is 1. The minimum Gasteiger partial charge on any atom is -0.507 e. The van der Waals surface area contributed by atoms with Crippen LogP contribution in [0.1, 0.15) is 42.5 Å². The molecule has 4 rings (SSSR count). The van der Waals surface area contributed by atoms with Gasteiger partial charge >= 0.3 is 0 Å². The summed E-state index contributed by atoms with van der Waals surface area (Å²) < 4.78 is 10.8. The number of carbonyl (C=O) groups excluding carboxylic acids is 2. The molecule has 3 aromatic rings. The molecule has 1 amide bonds. The number of hydrogen-bond donors (Lipinski definition) is 1. The van der Waals surface area contributed by atoms with Crippen LogP contribution in [0.4, 0.5) is 11.4 Å². The fourth-order valence-corrected chi connectivity index (χ4v) is 4.53. The van der Waals surface area contributed by atoms with E-state index in [0.29, 0.717) is 28.7 Å². The molecule has 3 aromatic carbocycles. The SMILES string of the molecule is COc1ccc(OC)c(/C(O)=C2\C(=O)C(=O)N(c3ccc(N(C)C)cc3)C2c2ccc(C(C)C)cc2)c1. The molecular weight excluding hydrogens is 468 g/mol. The average Bonchev–Trinajstić information content (AvgIpc) is 3.17. The largest absolute Gasteiger partial charge is 0.507 e. The molecule has 7 heteroatoms. The van der Waals surface area contributed by atoms with E-state index >= 15 is 0 Å². The van der Waals surface area contributed by atoms with Crippen molar-refractivity contribution < 1.29 is 24.2 Å². The van der Waals surface area contributed by atoms with Crippen LogP contribution < -0.4 is 19.3 Å². The molecule has 192 valence electrons. The van der Waals surface area contributed by atoms with E-state index in [2.05, 4.69) is 13.8 Å². The first kappa shape index (κ1) is 25.8. The molecule has 37 heavy (non-hydrogen) atoms. The highest BCUT2D eigenvalue weighted by Crippen LogP contribution is 2.44. The summed E-state index contributed by atoms with van der Waals surface area (Å²) in [4.78, 5) is 30.4. The third-order valence-electron chi connectivity index (χ3n) is 6.67. The summed E-state index contributed by atoms with van der Waals surface area (Å²) >= 11 is 0.